The third kappa shape index (κ3) is 7.56. The summed E-state index contributed by atoms with van der Waals surface area (Å²) in [7, 11) is 0. The summed E-state index contributed by atoms with van der Waals surface area (Å²) in [5.41, 5.74) is 0.221. The van der Waals surface area contributed by atoms with Crippen molar-refractivity contribution in [2.24, 2.45) is 0 Å². The Balaban J connectivity index is 4.06. The molecule has 0 bridgehead atoms. The fourth-order valence-corrected chi connectivity index (χ4v) is 2.20. The summed E-state index contributed by atoms with van der Waals surface area (Å²) in [4.78, 5) is 2.52. The minimum absolute atomic E-state index is 0.221. The predicted molar refractivity (Wildman–Crippen MR) is 78.5 cm³/mol. The van der Waals surface area contributed by atoms with E-state index in [4.69, 9.17) is 0 Å². The zero-order valence-corrected chi connectivity index (χ0v) is 12.7. The molecule has 0 amide bonds. The van der Waals surface area contributed by atoms with Gasteiger partial charge in [-0.3, -0.25) is 4.90 Å². The lowest BCUT2D eigenvalue weighted by Gasteiger charge is -2.39. The number of rotatable bonds is 8. The van der Waals surface area contributed by atoms with Crippen molar-refractivity contribution in [3.8, 4) is 0 Å². The van der Waals surface area contributed by atoms with Gasteiger partial charge in [0.25, 0.3) is 0 Å². The van der Waals surface area contributed by atoms with Crippen LogP contribution in [0.4, 0.5) is 0 Å². The molecule has 0 saturated heterocycles. The predicted octanol–water partition coefficient (Wildman–Crippen LogP) is 3.44. The number of nitrogens with one attached hydrogen (secondary N) is 1. The van der Waals surface area contributed by atoms with E-state index in [9.17, 15) is 0 Å². The molecule has 0 saturated carbocycles. The van der Waals surface area contributed by atoms with Crippen LogP contribution in [0.15, 0.2) is 12.7 Å². The summed E-state index contributed by atoms with van der Waals surface area (Å²) < 4.78 is 0. The fraction of sp³-hybridized carbons (Fsp3) is 0.867. The van der Waals surface area contributed by atoms with Crippen molar-refractivity contribution in [3.63, 3.8) is 0 Å². The molecule has 0 aromatic carbocycles. The van der Waals surface area contributed by atoms with Crippen molar-refractivity contribution in [3.05, 3.63) is 12.7 Å². The average Bonchev–Trinajstić information content (AvgIpc) is 2.18. The van der Waals surface area contributed by atoms with Crippen LogP contribution >= 0.6 is 0 Å². The summed E-state index contributed by atoms with van der Waals surface area (Å²) in [6.07, 6.45) is 4.49. The first-order valence-corrected chi connectivity index (χ1v) is 6.90. The Labute approximate surface area is 108 Å². The Morgan fingerprint density at radius 2 is 1.82 bits per heavy atom. The van der Waals surface area contributed by atoms with Crippen LogP contribution in [0, 0.1) is 0 Å². The molecular formula is C15H32N2. The van der Waals surface area contributed by atoms with Gasteiger partial charge >= 0.3 is 0 Å². The molecule has 0 aliphatic rings. The molecule has 1 atom stereocenters. The lowest BCUT2D eigenvalue weighted by Crippen LogP contribution is -2.47. The number of hydrogen-bond acceptors (Lipinski definition) is 2. The summed E-state index contributed by atoms with van der Waals surface area (Å²) in [6.45, 7) is 19.5. The normalized spacial score (nSPS) is 14.4. The minimum atomic E-state index is 0.221. The van der Waals surface area contributed by atoms with E-state index in [0.29, 0.717) is 12.1 Å². The van der Waals surface area contributed by atoms with Crippen LogP contribution in [0.1, 0.15) is 54.4 Å². The maximum Gasteiger partial charge on any atom is 0.0168 e. The SMILES string of the molecule is C=CCN(C(C)CCCNC(C)C)C(C)(C)C. The van der Waals surface area contributed by atoms with E-state index in [1.54, 1.807) is 0 Å². The molecule has 0 aromatic heterocycles. The average molecular weight is 240 g/mol. The Morgan fingerprint density at radius 1 is 1.24 bits per heavy atom. The molecular weight excluding hydrogens is 208 g/mol. The van der Waals surface area contributed by atoms with Crippen molar-refractivity contribution in [1.82, 2.24) is 10.2 Å². The molecule has 0 aromatic rings. The Kier molecular flexibility index (Phi) is 7.73. The molecule has 0 aliphatic heterocycles. The molecule has 2 heteroatoms. The molecule has 2 nitrogen and oxygen atoms in total. The Morgan fingerprint density at radius 3 is 2.24 bits per heavy atom. The van der Waals surface area contributed by atoms with Crippen molar-refractivity contribution in [1.29, 1.82) is 0 Å². The van der Waals surface area contributed by atoms with Crippen molar-refractivity contribution < 1.29 is 0 Å². The molecule has 17 heavy (non-hydrogen) atoms. The molecule has 0 radical (unpaired) electrons. The van der Waals surface area contributed by atoms with Gasteiger partial charge in [-0.1, -0.05) is 19.9 Å². The zero-order chi connectivity index (χ0) is 13.5. The standard InChI is InChI=1S/C15H32N2/c1-8-12-17(15(5,6)7)14(4)10-9-11-16-13(2)3/h8,13-14,16H,1,9-12H2,2-7H3. The number of nitrogens with zero attached hydrogens (tertiary/aromatic N) is 1. The van der Waals surface area contributed by atoms with Gasteiger partial charge in [0, 0.05) is 24.2 Å². The van der Waals surface area contributed by atoms with Crippen molar-refractivity contribution in [2.45, 2.75) is 72.0 Å². The fourth-order valence-electron chi connectivity index (χ4n) is 2.20. The highest BCUT2D eigenvalue weighted by molar-refractivity contribution is 4.86. The second kappa shape index (κ2) is 7.88. The Hall–Kier alpha value is -0.340. The topological polar surface area (TPSA) is 15.3 Å². The van der Waals surface area contributed by atoms with Gasteiger partial charge in [-0.25, -0.2) is 0 Å². The summed E-state index contributed by atoms with van der Waals surface area (Å²) >= 11 is 0. The second-order valence-corrected chi connectivity index (χ2v) is 6.21. The van der Waals surface area contributed by atoms with Gasteiger partial charge in [-0.2, -0.15) is 0 Å². The van der Waals surface area contributed by atoms with Crippen molar-refractivity contribution >= 4 is 0 Å². The number of hydrogen-bond donors (Lipinski definition) is 1. The van der Waals surface area contributed by atoms with Crippen LogP contribution in [-0.4, -0.2) is 35.6 Å². The van der Waals surface area contributed by atoms with E-state index in [0.717, 1.165) is 13.1 Å². The molecule has 0 fully saturated rings. The van der Waals surface area contributed by atoms with E-state index in [2.05, 4.69) is 58.3 Å². The van der Waals surface area contributed by atoms with Gasteiger partial charge in [-0.05, 0) is 47.1 Å². The molecule has 0 heterocycles. The minimum Gasteiger partial charge on any atom is -0.315 e. The third-order valence-electron chi connectivity index (χ3n) is 3.07. The highest BCUT2D eigenvalue weighted by atomic mass is 15.2. The van der Waals surface area contributed by atoms with E-state index >= 15 is 0 Å². The first-order chi connectivity index (χ1) is 7.79. The first-order valence-electron chi connectivity index (χ1n) is 6.90. The molecule has 0 aliphatic carbocycles. The first kappa shape index (κ1) is 16.7. The van der Waals surface area contributed by atoms with Crippen LogP contribution in [0.25, 0.3) is 0 Å². The third-order valence-corrected chi connectivity index (χ3v) is 3.07. The van der Waals surface area contributed by atoms with Crippen LogP contribution in [0.5, 0.6) is 0 Å². The monoisotopic (exact) mass is 240 g/mol. The van der Waals surface area contributed by atoms with Crippen LogP contribution in [-0.2, 0) is 0 Å². The summed E-state index contributed by atoms with van der Waals surface area (Å²) in [5.74, 6) is 0. The molecule has 1 N–H and O–H groups in total. The lowest BCUT2D eigenvalue weighted by molar-refractivity contribution is 0.0995. The maximum absolute atomic E-state index is 3.86. The van der Waals surface area contributed by atoms with E-state index < -0.39 is 0 Å². The van der Waals surface area contributed by atoms with Crippen LogP contribution < -0.4 is 5.32 Å². The highest BCUT2D eigenvalue weighted by Gasteiger charge is 2.24. The van der Waals surface area contributed by atoms with Gasteiger partial charge in [-0.15, -0.1) is 6.58 Å². The largest absolute Gasteiger partial charge is 0.315 e. The van der Waals surface area contributed by atoms with Crippen LogP contribution in [0.2, 0.25) is 0 Å². The molecule has 1 unspecified atom stereocenters. The smallest absolute Gasteiger partial charge is 0.0168 e. The van der Waals surface area contributed by atoms with Gasteiger partial charge in [0.2, 0.25) is 0 Å². The van der Waals surface area contributed by atoms with Gasteiger partial charge < -0.3 is 5.32 Å². The van der Waals surface area contributed by atoms with E-state index in [1.807, 2.05) is 6.08 Å². The molecule has 102 valence electrons. The van der Waals surface area contributed by atoms with Crippen molar-refractivity contribution in [2.75, 3.05) is 13.1 Å². The van der Waals surface area contributed by atoms with Crippen LogP contribution in [0.3, 0.4) is 0 Å². The van der Waals surface area contributed by atoms with E-state index in [-0.39, 0.29) is 5.54 Å². The zero-order valence-electron chi connectivity index (χ0n) is 12.7. The molecule has 0 spiro atoms. The van der Waals surface area contributed by atoms with Gasteiger partial charge in [0.1, 0.15) is 0 Å². The Bertz CT molecular complexity index is 203. The maximum atomic E-state index is 3.86. The lowest BCUT2D eigenvalue weighted by atomic mass is 10.0. The second-order valence-electron chi connectivity index (χ2n) is 6.21. The van der Waals surface area contributed by atoms with E-state index in [1.165, 1.54) is 12.8 Å². The highest BCUT2D eigenvalue weighted by Crippen LogP contribution is 2.19. The van der Waals surface area contributed by atoms with Gasteiger partial charge in [0.15, 0.2) is 0 Å². The summed E-state index contributed by atoms with van der Waals surface area (Å²) in [6, 6.07) is 1.21. The molecule has 0 rings (SSSR count). The summed E-state index contributed by atoms with van der Waals surface area (Å²) in [5, 5.41) is 3.47. The van der Waals surface area contributed by atoms with Gasteiger partial charge in [0.05, 0.1) is 0 Å². The quantitative estimate of drug-likeness (QED) is 0.516.